The summed E-state index contributed by atoms with van der Waals surface area (Å²) in [6.07, 6.45) is 0. The summed E-state index contributed by atoms with van der Waals surface area (Å²) in [6.45, 7) is 2.50. The molecule has 1 amide bonds. The molecule has 6 heteroatoms. The average molecular weight is 277 g/mol. The normalized spacial score (nSPS) is 15.3. The fourth-order valence-electron chi connectivity index (χ4n) is 1.84. The summed E-state index contributed by atoms with van der Waals surface area (Å²) in [5.41, 5.74) is 8.71. The zero-order chi connectivity index (χ0) is 14.4. The SMILES string of the molecule is NCC#Cc1ccc(F)cc1C(=O)NN1CCOCC1. The minimum absolute atomic E-state index is 0.182. The Hall–Kier alpha value is -1.94. The molecule has 5 nitrogen and oxygen atoms in total. The quantitative estimate of drug-likeness (QED) is 0.753. The zero-order valence-electron chi connectivity index (χ0n) is 11.0. The van der Waals surface area contributed by atoms with Crippen LogP contribution in [0.15, 0.2) is 18.2 Å². The van der Waals surface area contributed by atoms with E-state index in [1.165, 1.54) is 18.2 Å². The van der Waals surface area contributed by atoms with Crippen molar-refractivity contribution in [3.63, 3.8) is 0 Å². The average Bonchev–Trinajstić information content (AvgIpc) is 2.47. The third-order valence-electron chi connectivity index (χ3n) is 2.82. The molecule has 1 aromatic carbocycles. The van der Waals surface area contributed by atoms with E-state index in [9.17, 15) is 9.18 Å². The molecule has 0 unspecified atom stereocenters. The molecular formula is C14H16FN3O2. The summed E-state index contributed by atoms with van der Waals surface area (Å²) in [5, 5.41) is 1.75. The van der Waals surface area contributed by atoms with Gasteiger partial charge in [-0.15, -0.1) is 0 Å². The molecule has 20 heavy (non-hydrogen) atoms. The zero-order valence-corrected chi connectivity index (χ0v) is 11.0. The van der Waals surface area contributed by atoms with Crippen LogP contribution >= 0.6 is 0 Å². The molecule has 2 rings (SSSR count). The Balaban J connectivity index is 2.16. The van der Waals surface area contributed by atoms with E-state index in [1.807, 2.05) is 0 Å². The highest BCUT2D eigenvalue weighted by atomic mass is 19.1. The molecule has 1 aromatic rings. The van der Waals surface area contributed by atoms with E-state index < -0.39 is 5.82 Å². The lowest BCUT2D eigenvalue weighted by molar-refractivity contribution is 0.0126. The summed E-state index contributed by atoms with van der Waals surface area (Å²) >= 11 is 0. The molecule has 106 valence electrons. The molecule has 0 aliphatic carbocycles. The molecule has 0 spiro atoms. The molecule has 1 aliphatic heterocycles. The topological polar surface area (TPSA) is 67.6 Å². The van der Waals surface area contributed by atoms with Crippen molar-refractivity contribution in [2.75, 3.05) is 32.8 Å². The molecule has 1 aliphatic rings. The van der Waals surface area contributed by atoms with Gasteiger partial charge in [-0.2, -0.15) is 0 Å². The fraction of sp³-hybridized carbons (Fsp3) is 0.357. The van der Waals surface area contributed by atoms with Gasteiger partial charge in [0, 0.05) is 18.7 Å². The lowest BCUT2D eigenvalue weighted by atomic mass is 10.1. The van der Waals surface area contributed by atoms with Crippen LogP contribution in [0.5, 0.6) is 0 Å². The summed E-state index contributed by atoms with van der Waals surface area (Å²) < 4.78 is 18.5. The number of benzene rings is 1. The first-order valence-electron chi connectivity index (χ1n) is 6.33. The highest BCUT2D eigenvalue weighted by Crippen LogP contribution is 2.11. The van der Waals surface area contributed by atoms with Crippen LogP contribution in [0.1, 0.15) is 15.9 Å². The predicted octanol–water partition coefficient (Wildman–Crippen LogP) is 0.113. The lowest BCUT2D eigenvalue weighted by Crippen LogP contribution is -2.48. The molecule has 0 radical (unpaired) electrons. The number of nitrogens with two attached hydrogens (primary N) is 1. The second-order valence-corrected chi connectivity index (χ2v) is 4.24. The Kier molecular flexibility index (Phi) is 5.07. The van der Waals surface area contributed by atoms with Gasteiger partial charge in [0.05, 0.1) is 25.3 Å². The van der Waals surface area contributed by atoms with Crippen LogP contribution in [-0.4, -0.2) is 43.8 Å². The van der Waals surface area contributed by atoms with Crippen LogP contribution < -0.4 is 11.2 Å². The Morgan fingerprint density at radius 3 is 2.90 bits per heavy atom. The summed E-state index contributed by atoms with van der Waals surface area (Å²) in [4.78, 5) is 12.2. The number of rotatable bonds is 2. The molecule has 0 bridgehead atoms. The third kappa shape index (κ3) is 3.78. The van der Waals surface area contributed by atoms with E-state index in [4.69, 9.17) is 10.5 Å². The number of carbonyl (C=O) groups is 1. The third-order valence-corrected chi connectivity index (χ3v) is 2.82. The molecular weight excluding hydrogens is 261 g/mol. The molecule has 3 N–H and O–H groups in total. The number of hydrogen-bond acceptors (Lipinski definition) is 4. The van der Waals surface area contributed by atoms with Gasteiger partial charge in [-0.3, -0.25) is 10.2 Å². The standard InChI is InChI=1S/C14H16FN3O2/c15-12-4-3-11(2-1-5-16)13(10-12)14(19)17-18-6-8-20-9-7-18/h3-4,10H,5-9,16H2,(H,17,19). The Morgan fingerprint density at radius 1 is 1.45 bits per heavy atom. The van der Waals surface area contributed by atoms with Crippen LogP contribution in [0.25, 0.3) is 0 Å². The van der Waals surface area contributed by atoms with Gasteiger partial charge < -0.3 is 10.5 Å². The van der Waals surface area contributed by atoms with Gasteiger partial charge in [0.1, 0.15) is 5.82 Å². The fourth-order valence-corrected chi connectivity index (χ4v) is 1.84. The first kappa shape index (κ1) is 14.5. The van der Waals surface area contributed by atoms with E-state index in [0.29, 0.717) is 31.9 Å². The van der Waals surface area contributed by atoms with Crippen LogP contribution in [0.2, 0.25) is 0 Å². The minimum atomic E-state index is -0.476. The Morgan fingerprint density at radius 2 is 2.20 bits per heavy atom. The summed E-state index contributed by atoms with van der Waals surface area (Å²) in [6, 6.07) is 3.93. The van der Waals surface area contributed by atoms with Crippen molar-refractivity contribution in [3.8, 4) is 11.8 Å². The van der Waals surface area contributed by atoms with Crippen molar-refractivity contribution in [1.82, 2.24) is 10.4 Å². The van der Waals surface area contributed by atoms with E-state index in [2.05, 4.69) is 17.3 Å². The summed E-state index contributed by atoms with van der Waals surface area (Å²) in [7, 11) is 0. The van der Waals surface area contributed by atoms with Crippen molar-refractivity contribution in [1.29, 1.82) is 0 Å². The minimum Gasteiger partial charge on any atom is -0.379 e. The van der Waals surface area contributed by atoms with Crippen LogP contribution in [-0.2, 0) is 4.74 Å². The van der Waals surface area contributed by atoms with E-state index in [1.54, 1.807) is 5.01 Å². The Labute approximate surface area is 116 Å². The molecule has 0 saturated carbocycles. The van der Waals surface area contributed by atoms with Crippen molar-refractivity contribution in [2.24, 2.45) is 5.73 Å². The van der Waals surface area contributed by atoms with Crippen molar-refractivity contribution >= 4 is 5.91 Å². The highest BCUT2D eigenvalue weighted by molar-refractivity contribution is 5.96. The molecule has 0 aromatic heterocycles. The maximum atomic E-state index is 13.3. The molecule has 1 fully saturated rings. The first-order chi connectivity index (χ1) is 9.70. The molecule has 0 atom stereocenters. The van der Waals surface area contributed by atoms with Gasteiger partial charge in [-0.25, -0.2) is 9.40 Å². The maximum Gasteiger partial charge on any atom is 0.266 e. The van der Waals surface area contributed by atoms with Crippen molar-refractivity contribution < 1.29 is 13.9 Å². The lowest BCUT2D eigenvalue weighted by Gasteiger charge is -2.27. The monoisotopic (exact) mass is 277 g/mol. The number of nitrogens with zero attached hydrogens (tertiary/aromatic N) is 1. The number of amides is 1. The van der Waals surface area contributed by atoms with Crippen LogP contribution in [0.4, 0.5) is 4.39 Å². The first-order valence-corrected chi connectivity index (χ1v) is 6.33. The number of ether oxygens (including phenoxy) is 1. The predicted molar refractivity (Wildman–Crippen MR) is 72.2 cm³/mol. The number of hydrazine groups is 1. The maximum absolute atomic E-state index is 13.3. The number of morpholine rings is 1. The van der Waals surface area contributed by atoms with Crippen LogP contribution in [0, 0.1) is 17.7 Å². The smallest absolute Gasteiger partial charge is 0.266 e. The van der Waals surface area contributed by atoms with E-state index in [0.717, 1.165) is 0 Å². The number of carbonyl (C=O) groups excluding carboxylic acids is 1. The van der Waals surface area contributed by atoms with Gasteiger partial charge in [0.15, 0.2) is 0 Å². The van der Waals surface area contributed by atoms with Crippen molar-refractivity contribution in [2.45, 2.75) is 0 Å². The second-order valence-electron chi connectivity index (χ2n) is 4.24. The molecule has 1 heterocycles. The van der Waals surface area contributed by atoms with Crippen molar-refractivity contribution in [3.05, 3.63) is 35.1 Å². The van der Waals surface area contributed by atoms with Gasteiger partial charge in [-0.1, -0.05) is 11.8 Å². The van der Waals surface area contributed by atoms with Crippen LogP contribution in [0.3, 0.4) is 0 Å². The van der Waals surface area contributed by atoms with E-state index in [-0.39, 0.29) is 18.0 Å². The van der Waals surface area contributed by atoms with Gasteiger partial charge >= 0.3 is 0 Å². The van der Waals surface area contributed by atoms with Gasteiger partial charge in [0.2, 0.25) is 0 Å². The number of halogens is 1. The Bertz CT molecular complexity index is 545. The van der Waals surface area contributed by atoms with Gasteiger partial charge in [0.25, 0.3) is 5.91 Å². The summed E-state index contributed by atoms with van der Waals surface area (Å²) in [5.74, 6) is 4.58. The number of nitrogens with one attached hydrogen (secondary N) is 1. The highest BCUT2D eigenvalue weighted by Gasteiger charge is 2.17. The van der Waals surface area contributed by atoms with Gasteiger partial charge in [-0.05, 0) is 18.2 Å². The van der Waals surface area contributed by atoms with E-state index >= 15 is 0 Å². The second kappa shape index (κ2) is 7.01. The number of hydrogen-bond donors (Lipinski definition) is 2. The largest absolute Gasteiger partial charge is 0.379 e. The molecule has 1 saturated heterocycles.